The highest BCUT2D eigenvalue weighted by molar-refractivity contribution is 7.80. The molecule has 3 rings (SSSR count). The molecule has 5 heteroatoms. The SMILES string of the molecule is CC1CC(c2ccccc2)=NN(C(=S)c2ccc(Cl)c(Cl)c2)C1. The predicted molar refractivity (Wildman–Crippen MR) is 102 cm³/mol. The van der Waals surface area contributed by atoms with Gasteiger partial charge < -0.3 is 0 Å². The number of nitrogens with zero attached hydrogens (tertiary/aromatic N) is 2. The van der Waals surface area contributed by atoms with Gasteiger partial charge in [-0.1, -0.05) is 78.7 Å². The monoisotopic (exact) mass is 362 g/mol. The van der Waals surface area contributed by atoms with Gasteiger partial charge in [0, 0.05) is 12.1 Å². The Labute approximate surface area is 151 Å². The molecule has 0 aliphatic carbocycles. The van der Waals surface area contributed by atoms with Crippen molar-refractivity contribution in [1.82, 2.24) is 5.01 Å². The van der Waals surface area contributed by atoms with Crippen LogP contribution in [0.2, 0.25) is 10.0 Å². The maximum Gasteiger partial charge on any atom is 0.129 e. The van der Waals surface area contributed by atoms with Crippen LogP contribution in [0.4, 0.5) is 0 Å². The molecule has 1 unspecified atom stereocenters. The highest BCUT2D eigenvalue weighted by Crippen LogP contribution is 2.25. The highest BCUT2D eigenvalue weighted by atomic mass is 35.5. The Balaban J connectivity index is 1.91. The molecule has 1 aliphatic rings. The summed E-state index contributed by atoms with van der Waals surface area (Å²) in [6.07, 6.45) is 0.949. The zero-order chi connectivity index (χ0) is 16.4. The van der Waals surface area contributed by atoms with E-state index in [1.54, 1.807) is 12.1 Å². The summed E-state index contributed by atoms with van der Waals surface area (Å²) >= 11 is 17.7. The maximum absolute atomic E-state index is 6.10. The van der Waals surface area contributed by atoms with E-state index < -0.39 is 0 Å². The molecule has 2 nitrogen and oxygen atoms in total. The highest BCUT2D eigenvalue weighted by Gasteiger charge is 2.23. The van der Waals surface area contributed by atoms with Crippen molar-refractivity contribution in [2.24, 2.45) is 11.0 Å². The van der Waals surface area contributed by atoms with Gasteiger partial charge in [-0.25, -0.2) is 0 Å². The molecule has 0 saturated heterocycles. The minimum absolute atomic E-state index is 0.475. The summed E-state index contributed by atoms with van der Waals surface area (Å²) in [5.41, 5.74) is 3.06. The Kier molecular flexibility index (Phi) is 5.00. The molecule has 0 amide bonds. The lowest BCUT2D eigenvalue weighted by molar-refractivity contribution is 0.355. The number of benzene rings is 2. The van der Waals surface area contributed by atoms with Crippen LogP contribution in [0.5, 0.6) is 0 Å². The average Bonchev–Trinajstić information content (AvgIpc) is 2.57. The number of hydrogen-bond donors (Lipinski definition) is 0. The van der Waals surface area contributed by atoms with E-state index in [4.69, 9.17) is 40.5 Å². The van der Waals surface area contributed by atoms with Crippen LogP contribution in [-0.4, -0.2) is 22.3 Å². The van der Waals surface area contributed by atoms with Gasteiger partial charge in [0.1, 0.15) is 4.99 Å². The largest absolute Gasteiger partial charge is 0.253 e. The number of halogens is 2. The minimum atomic E-state index is 0.475. The standard InChI is InChI=1S/C18H16Cl2N2S/c1-12-9-17(13-5-3-2-4-6-13)21-22(11-12)18(23)14-7-8-15(19)16(20)10-14/h2-8,10,12H,9,11H2,1H3. The second kappa shape index (κ2) is 7.00. The van der Waals surface area contributed by atoms with Gasteiger partial charge in [-0.05, 0) is 30.0 Å². The van der Waals surface area contributed by atoms with Gasteiger partial charge in [-0.15, -0.1) is 0 Å². The van der Waals surface area contributed by atoms with Gasteiger partial charge >= 0.3 is 0 Å². The summed E-state index contributed by atoms with van der Waals surface area (Å²) in [6, 6.07) is 15.7. The van der Waals surface area contributed by atoms with E-state index in [9.17, 15) is 0 Å². The van der Waals surface area contributed by atoms with Crippen molar-refractivity contribution in [2.75, 3.05) is 6.54 Å². The fourth-order valence-electron chi connectivity index (χ4n) is 2.63. The van der Waals surface area contributed by atoms with Crippen molar-refractivity contribution >= 4 is 46.1 Å². The summed E-state index contributed by atoms with van der Waals surface area (Å²) in [4.78, 5) is 0.670. The third-order valence-electron chi connectivity index (χ3n) is 3.78. The molecule has 118 valence electrons. The van der Waals surface area contributed by atoms with Crippen molar-refractivity contribution in [3.63, 3.8) is 0 Å². The number of hydrogen-bond acceptors (Lipinski definition) is 2. The lowest BCUT2D eigenvalue weighted by Crippen LogP contribution is -2.35. The fraction of sp³-hybridized carbons (Fsp3) is 0.222. The normalized spacial score (nSPS) is 17.8. The zero-order valence-electron chi connectivity index (χ0n) is 12.7. The van der Waals surface area contributed by atoms with E-state index in [1.807, 2.05) is 29.3 Å². The van der Waals surface area contributed by atoms with Crippen LogP contribution in [0.1, 0.15) is 24.5 Å². The first-order chi connectivity index (χ1) is 11.0. The van der Waals surface area contributed by atoms with Crippen LogP contribution in [0.25, 0.3) is 0 Å². The molecule has 0 spiro atoms. The summed E-state index contributed by atoms with van der Waals surface area (Å²) in [6.45, 7) is 3.01. The van der Waals surface area contributed by atoms with Crippen LogP contribution in [0.15, 0.2) is 53.6 Å². The predicted octanol–water partition coefficient (Wildman–Crippen LogP) is 5.42. The van der Waals surface area contributed by atoms with Crippen LogP contribution in [0.3, 0.4) is 0 Å². The molecule has 0 N–H and O–H groups in total. The molecule has 1 heterocycles. The van der Waals surface area contributed by atoms with E-state index in [2.05, 4.69) is 19.1 Å². The Morgan fingerprint density at radius 2 is 1.87 bits per heavy atom. The van der Waals surface area contributed by atoms with Gasteiger partial charge in [0.15, 0.2) is 0 Å². The van der Waals surface area contributed by atoms with E-state index >= 15 is 0 Å². The van der Waals surface area contributed by atoms with Crippen molar-refractivity contribution in [3.05, 3.63) is 69.7 Å². The Morgan fingerprint density at radius 1 is 1.13 bits per heavy atom. The van der Waals surface area contributed by atoms with Gasteiger partial charge in [-0.2, -0.15) is 5.10 Å². The molecular weight excluding hydrogens is 347 g/mol. The molecule has 0 saturated carbocycles. The lowest BCUT2D eigenvalue weighted by atomic mass is 9.97. The summed E-state index contributed by atoms with van der Waals surface area (Å²) in [5.74, 6) is 0.475. The quantitative estimate of drug-likeness (QED) is 0.663. The average molecular weight is 363 g/mol. The van der Waals surface area contributed by atoms with E-state index in [-0.39, 0.29) is 0 Å². The van der Waals surface area contributed by atoms with Crippen molar-refractivity contribution in [2.45, 2.75) is 13.3 Å². The van der Waals surface area contributed by atoms with E-state index in [1.165, 1.54) is 0 Å². The lowest BCUT2D eigenvalue weighted by Gasteiger charge is -2.30. The molecule has 0 fully saturated rings. The number of rotatable bonds is 2. The Hall–Kier alpha value is -1.42. The molecule has 1 atom stereocenters. The number of thiocarbonyl (C=S) groups is 1. The summed E-state index contributed by atoms with van der Waals surface area (Å²) in [7, 11) is 0. The zero-order valence-corrected chi connectivity index (χ0v) is 15.0. The number of hydrazone groups is 1. The van der Waals surface area contributed by atoms with Gasteiger partial charge in [0.05, 0.1) is 15.8 Å². The summed E-state index contributed by atoms with van der Waals surface area (Å²) in [5, 5.41) is 7.69. The first kappa shape index (κ1) is 16.4. The molecule has 1 aliphatic heterocycles. The van der Waals surface area contributed by atoms with Crippen molar-refractivity contribution in [1.29, 1.82) is 0 Å². The maximum atomic E-state index is 6.10. The van der Waals surface area contributed by atoms with Crippen LogP contribution in [0, 0.1) is 5.92 Å². The Morgan fingerprint density at radius 3 is 2.57 bits per heavy atom. The van der Waals surface area contributed by atoms with Crippen LogP contribution < -0.4 is 0 Å². The molecule has 0 bridgehead atoms. The van der Waals surface area contributed by atoms with Gasteiger partial charge in [-0.3, -0.25) is 5.01 Å². The van der Waals surface area contributed by atoms with E-state index in [0.717, 1.165) is 29.8 Å². The van der Waals surface area contributed by atoms with Crippen LogP contribution in [-0.2, 0) is 0 Å². The second-order valence-corrected chi connectivity index (χ2v) is 6.94. The smallest absolute Gasteiger partial charge is 0.129 e. The first-order valence-corrected chi connectivity index (χ1v) is 8.61. The third kappa shape index (κ3) is 3.74. The van der Waals surface area contributed by atoms with Crippen molar-refractivity contribution < 1.29 is 0 Å². The molecule has 2 aromatic rings. The Bertz CT molecular complexity index is 759. The topological polar surface area (TPSA) is 15.6 Å². The van der Waals surface area contributed by atoms with Gasteiger partial charge in [0.2, 0.25) is 0 Å². The molecule has 0 aromatic heterocycles. The van der Waals surface area contributed by atoms with Crippen LogP contribution >= 0.6 is 35.4 Å². The van der Waals surface area contributed by atoms with Gasteiger partial charge in [0.25, 0.3) is 0 Å². The molecule has 2 aromatic carbocycles. The third-order valence-corrected chi connectivity index (χ3v) is 4.96. The molecule has 0 radical (unpaired) electrons. The molecule has 23 heavy (non-hydrogen) atoms. The fourth-order valence-corrected chi connectivity index (χ4v) is 3.17. The summed E-state index contributed by atoms with van der Waals surface area (Å²) < 4.78 is 0. The van der Waals surface area contributed by atoms with E-state index in [0.29, 0.717) is 21.0 Å². The minimum Gasteiger partial charge on any atom is -0.253 e. The van der Waals surface area contributed by atoms with Crippen molar-refractivity contribution in [3.8, 4) is 0 Å². The molecular formula is C18H16Cl2N2S. The second-order valence-electron chi connectivity index (χ2n) is 5.74. The first-order valence-electron chi connectivity index (χ1n) is 7.44.